The lowest BCUT2D eigenvalue weighted by atomic mass is 10.1. The van der Waals surface area contributed by atoms with Gasteiger partial charge >= 0.3 is 0 Å². The molecule has 0 aliphatic heterocycles. The topological polar surface area (TPSA) is 39.7 Å². The third kappa shape index (κ3) is 4.56. The number of hydrogen-bond acceptors (Lipinski definition) is 2. The van der Waals surface area contributed by atoms with E-state index in [2.05, 4.69) is 32.7 Å². The van der Waals surface area contributed by atoms with Crippen molar-refractivity contribution in [3.8, 4) is 0 Å². The van der Waals surface area contributed by atoms with Gasteiger partial charge in [-0.2, -0.15) is 0 Å². The minimum absolute atomic E-state index is 0.0796. The Morgan fingerprint density at radius 1 is 1.36 bits per heavy atom. The zero-order chi connectivity index (χ0) is 15.9. The summed E-state index contributed by atoms with van der Waals surface area (Å²) in [6, 6.07) is 7.25. The number of aliphatic imine (C=N–C) groups is 1. The van der Waals surface area contributed by atoms with Crippen molar-refractivity contribution in [1.82, 2.24) is 15.5 Å². The molecule has 1 aromatic rings. The number of guanidine groups is 1. The van der Waals surface area contributed by atoms with Gasteiger partial charge in [-0.25, -0.2) is 4.39 Å². The van der Waals surface area contributed by atoms with Gasteiger partial charge in [0, 0.05) is 19.6 Å². The lowest BCUT2D eigenvalue weighted by Gasteiger charge is -2.26. The fraction of sp³-hybridized carbons (Fsp3) is 0.471. The second kappa shape index (κ2) is 7.94. The molecule has 0 aromatic heterocycles. The maximum atomic E-state index is 13.4. The van der Waals surface area contributed by atoms with Crippen molar-refractivity contribution in [2.75, 3.05) is 27.7 Å². The number of nitrogens with zero attached hydrogens (tertiary/aromatic N) is 2. The summed E-state index contributed by atoms with van der Waals surface area (Å²) >= 11 is 0. The van der Waals surface area contributed by atoms with Crippen LogP contribution in [0.5, 0.6) is 0 Å². The minimum Gasteiger partial charge on any atom is -0.354 e. The van der Waals surface area contributed by atoms with Gasteiger partial charge < -0.3 is 15.5 Å². The quantitative estimate of drug-likeness (QED) is 0.498. The average molecular weight is 304 g/mol. The Balaban J connectivity index is 1.96. The third-order valence-electron chi connectivity index (χ3n) is 3.89. The molecule has 1 unspecified atom stereocenters. The van der Waals surface area contributed by atoms with E-state index in [0.717, 1.165) is 24.4 Å². The van der Waals surface area contributed by atoms with Crippen LogP contribution < -0.4 is 10.6 Å². The van der Waals surface area contributed by atoms with Crippen molar-refractivity contribution in [1.29, 1.82) is 0 Å². The molecule has 1 aromatic carbocycles. The summed E-state index contributed by atoms with van der Waals surface area (Å²) in [6.07, 6.45) is 6.42. The monoisotopic (exact) mass is 304 g/mol. The number of halogens is 1. The second-order valence-corrected chi connectivity index (χ2v) is 5.77. The van der Waals surface area contributed by atoms with Crippen molar-refractivity contribution in [2.45, 2.75) is 24.9 Å². The summed E-state index contributed by atoms with van der Waals surface area (Å²) in [4.78, 5) is 6.34. The average Bonchev–Trinajstić information content (AvgIpc) is 2.99. The molecule has 0 amide bonds. The molecule has 120 valence electrons. The van der Waals surface area contributed by atoms with Crippen molar-refractivity contribution < 1.29 is 4.39 Å². The summed E-state index contributed by atoms with van der Waals surface area (Å²) in [5.74, 6) is 0.584. The number of benzene rings is 1. The molecule has 5 heteroatoms. The summed E-state index contributed by atoms with van der Waals surface area (Å²) < 4.78 is 13.4. The van der Waals surface area contributed by atoms with Crippen LogP contribution >= 0.6 is 0 Å². The van der Waals surface area contributed by atoms with Crippen molar-refractivity contribution in [3.05, 3.63) is 47.8 Å². The van der Waals surface area contributed by atoms with E-state index >= 15 is 0 Å². The summed E-state index contributed by atoms with van der Waals surface area (Å²) in [5, 5.41) is 6.75. The van der Waals surface area contributed by atoms with Gasteiger partial charge in [0.15, 0.2) is 5.96 Å². The predicted octanol–water partition coefficient (Wildman–Crippen LogP) is 2.31. The molecular formula is C17H25FN4. The van der Waals surface area contributed by atoms with Gasteiger partial charge in [-0.15, -0.1) is 0 Å². The van der Waals surface area contributed by atoms with Gasteiger partial charge in [0.05, 0.1) is 6.04 Å². The first-order valence-electron chi connectivity index (χ1n) is 7.64. The van der Waals surface area contributed by atoms with Crippen LogP contribution in [-0.2, 0) is 0 Å². The number of nitrogens with one attached hydrogen (secondary N) is 2. The van der Waals surface area contributed by atoms with Crippen molar-refractivity contribution >= 4 is 5.96 Å². The molecule has 0 saturated heterocycles. The van der Waals surface area contributed by atoms with Crippen molar-refractivity contribution in [3.63, 3.8) is 0 Å². The highest BCUT2D eigenvalue weighted by molar-refractivity contribution is 5.80. The molecular weight excluding hydrogens is 279 g/mol. The van der Waals surface area contributed by atoms with Gasteiger partial charge in [-0.3, -0.25) is 4.99 Å². The number of hydrogen-bond donors (Lipinski definition) is 2. The van der Waals surface area contributed by atoms with E-state index in [1.54, 1.807) is 19.2 Å². The molecule has 1 aliphatic carbocycles. The van der Waals surface area contributed by atoms with E-state index in [9.17, 15) is 4.39 Å². The molecule has 0 fully saturated rings. The molecule has 4 nitrogen and oxygen atoms in total. The van der Waals surface area contributed by atoms with Crippen LogP contribution in [-0.4, -0.2) is 44.6 Å². The van der Waals surface area contributed by atoms with Crippen LogP contribution in [0, 0.1) is 5.82 Å². The standard InChI is InChI=1S/C17H25FN4/c1-19-17(21-15-9-4-5-10-15)20-12-16(22(2)3)13-7-6-8-14(18)11-13/h4-8,11,15-16H,9-10,12H2,1-3H3,(H2,19,20,21). The molecule has 1 atom stereocenters. The largest absolute Gasteiger partial charge is 0.354 e. The van der Waals surface area contributed by atoms with E-state index in [4.69, 9.17) is 0 Å². The number of likely N-dealkylation sites (N-methyl/N-ethyl adjacent to an activating group) is 1. The van der Waals surface area contributed by atoms with E-state index in [1.807, 2.05) is 20.2 Å². The Labute approximate surface area is 132 Å². The van der Waals surface area contributed by atoms with Gasteiger partial charge in [0.1, 0.15) is 5.82 Å². The van der Waals surface area contributed by atoms with Gasteiger partial charge in [0.25, 0.3) is 0 Å². The summed E-state index contributed by atoms with van der Waals surface area (Å²) in [5.41, 5.74) is 0.954. The normalized spacial score (nSPS) is 17.0. The molecule has 2 N–H and O–H groups in total. The first-order chi connectivity index (χ1) is 10.6. The molecule has 1 aliphatic rings. The first kappa shape index (κ1) is 16.5. The van der Waals surface area contributed by atoms with E-state index in [1.165, 1.54) is 6.07 Å². The maximum absolute atomic E-state index is 13.4. The van der Waals surface area contributed by atoms with Crippen LogP contribution in [0.1, 0.15) is 24.4 Å². The predicted molar refractivity (Wildman–Crippen MR) is 89.5 cm³/mol. The Morgan fingerprint density at radius 3 is 2.68 bits per heavy atom. The van der Waals surface area contributed by atoms with E-state index in [-0.39, 0.29) is 11.9 Å². The lowest BCUT2D eigenvalue weighted by Crippen LogP contribution is -2.45. The first-order valence-corrected chi connectivity index (χ1v) is 7.64. The van der Waals surface area contributed by atoms with Crippen LogP contribution in [0.15, 0.2) is 41.4 Å². The van der Waals surface area contributed by atoms with Crippen LogP contribution in [0.2, 0.25) is 0 Å². The second-order valence-electron chi connectivity index (χ2n) is 5.77. The zero-order valence-electron chi connectivity index (χ0n) is 13.5. The van der Waals surface area contributed by atoms with Crippen LogP contribution in [0.4, 0.5) is 4.39 Å². The van der Waals surface area contributed by atoms with E-state index in [0.29, 0.717) is 12.6 Å². The van der Waals surface area contributed by atoms with E-state index < -0.39 is 0 Å². The molecule has 0 saturated carbocycles. The highest BCUT2D eigenvalue weighted by atomic mass is 19.1. The maximum Gasteiger partial charge on any atom is 0.191 e. The van der Waals surface area contributed by atoms with Crippen LogP contribution in [0.25, 0.3) is 0 Å². The lowest BCUT2D eigenvalue weighted by molar-refractivity contribution is 0.297. The Hall–Kier alpha value is -1.88. The fourth-order valence-electron chi connectivity index (χ4n) is 2.63. The van der Waals surface area contributed by atoms with Crippen LogP contribution in [0.3, 0.4) is 0 Å². The van der Waals surface area contributed by atoms with Gasteiger partial charge in [-0.05, 0) is 44.6 Å². The van der Waals surface area contributed by atoms with Crippen molar-refractivity contribution in [2.24, 2.45) is 4.99 Å². The third-order valence-corrected chi connectivity index (χ3v) is 3.89. The summed E-state index contributed by atoms with van der Waals surface area (Å²) in [6.45, 7) is 0.663. The molecule has 22 heavy (non-hydrogen) atoms. The molecule has 2 rings (SSSR count). The number of rotatable bonds is 5. The Bertz CT molecular complexity index is 531. The molecule has 0 radical (unpaired) electrons. The minimum atomic E-state index is -0.205. The molecule has 0 spiro atoms. The van der Waals surface area contributed by atoms with Gasteiger partial charge in [0.2, 0.25) is 0 Å². The summed E-state index contributed by atoms with van der Waals surface area (Å²) in [7, 11) is 5.76. The Morgan fingerprint density at radius 2 is 2.09 bits per heavy atom. The smallest absolute Gasteiger partial charge is 0.191 e. The van der Waals surface area contributed by atoms with Gasteiger partial charge in [-0.1, -0.05) is 24.3 Å². The molecule has 0 bridgehead atoms. The zero-order valence-corrected chi connectivity index (χ0v) is 13.5. The highest BCUT2D eigenvalue weighted by Crippen LogP contribution is 2.18. The molecule has 0 heterocycles. The Kier molecular flexibility index (Phi) is 5.95. The highest BCUT2D eigenvalue weighted by Gasteiger charge is 2.17. The fourth-order valence-corrected chi connectivity index (χ4v) is 2.63. The SMILES string of the molecule is CN=C(NCC(c1cccc(F)c1)N(C)C)NC1CC=CC1.